The molecule has 3 aromatic heterocycles. The van der Waals surface area contributed by atoms with Gasteiger partial charge in [-0.3, -0.25) is 9.47 Å². The second-order valence-corrected chi connectivity index (χ2v) is 17.7. The number of furan rings is 2. The van der Waals surface area contributed by atoms with E-state index in [4.69, 9.17) is 8.83 Å². The van der Waals surface area contributed by atoms with Gasteiger partial charge in [-0.05, 0) is 125 Å². The molecular weight excluding hydrogens is 831 g/mol. The highest BCUT2D eigenvalue weighted by Crippen LogP contribution is 2.50. The van der Waals surface area contributed by atoms with Crippen LogP contribution in [0.15, 0.2) is 245 Å². The van der Waals surface area contributed by atoms with E-state index < -0.39 is 0 Å². The van der Waals surface area contributed by atoms with Crippen LogP contribution in [0.5, 0.6) is 0 Å². The van der Waals surface area contributed by atoms with E-state index in [1.807, 2.05) is 24.3 Å². The van der Waals surface area contributed by atoms with Gasteiger partial charge in [0.05, 0.1) is 11.2 Å². The number of nitrogens with zero attached hydrogens (tertiary/aromatic N) is 3. The van der Waals surface area contributed by atoms with Crippen LogP contribution in [0.4, 0.5) is 34.3 Å². The van der Waals surface area contributed by atoms with Crippen molar-refractivity contribution in [1.82, 2.24) is 4.57 Å². The lowest BCUT2D eigenvalue weighted by atomic mass is 9.92. The Balaban J connectivity index is 0.871. The fourth-order valence-corrected chi connectivity index (χ4v) is 10.7. The quantitative estimate of drug-likeness (QED) is 0.160. The number of hydrogen-bond acceptors (Lipinski definition) is 4. The molecule has 0 fully saturated rings. The van der Waals surface area contributed by atoms with E-state index in [9.17, 15) is 0 Å². The molecule has 0 saturated heterocycles. The van der Waals surface area contributed by atoms with Crippen LogP contribution in [0.25, 0.3) is 82.7 Å². The molecule has 1 aliphatic heterocycles. The normalized spacial score (nSPS) is 12.3. The van der Waals surface area contributed by atoms with Gasteiger partial charge >= 0.3 is 0 Å². The lowest BCUT2D eigenvalue weighted by Crippen LogP contribution is -2.20. The molecule has 320 valence electrons. The summed E-state index contributed by atoms with van der Waals surface area (Å²) in [6, 6.07) is 84.7. The number of benzene rings is 10. The molecule has 4 heterocycles. The highest BCUT2D eigenvalue weighted by atomic mass is 16.3. The van der Waals surface area contributed by atoms with Gasteiger partial charge in [0.15, 0.2) is 0 Å². The maximum absolute atomic E-state index is 6.44. The summed E-state index contributed by atoms with van der Waals surface area (Å²) in [5.74, 6) is 1.19. The SMILES string of the molecule is c1ccc(N2c3ccc(-c4cccc(-c5cccc(N(c6ccc7c(c6)oc6ccccc67)c6ccc7c(c6)oc6ccccc67)c5)c4)cc3Cc3c2n(-c2ccccc2)c2ccccc32)cc1. The first-order valence-electron chi connectivity index (χ1n) is 23.2. The van der Waals surface area contributed by atoms with Crippen molar-refractivity contribution < 1.29 is 8.83 Å². The van der Waals surface area contributed by atoms with Crippen LogP contribution >= 0.6 is 0 Å². The molecule has 5 nitrogen and oxygen atoms in total. The summed E-state index contributed by atoms with van der Waals surface area (Å²) >= 11 is 0. The van der Waals surface area contributed by atoms with Crippen molar-refractivity contribution in [2.75, 3.05) is 9.80 Å². The number of aromatic nitrogens is 1. The first-order chi connectivity index (χ1) is 33.7. The standard InChI is InChI=1S/C63H41N3O2/c1-3-18-46(19-4-1)65-57-34-29-44(36-45(57)38-56-51-23-7-10-26-58(51)66(63(56)65)47-20-5-2-6-21-47)42-16-13-15-41(35-42)43-17-14-22-48(37-43)64(49-30-32-54-52-24-8-11-27-59(52)67-61(54)39-49)50-31-33-55-53-25-9-12-28-60(53)68-62(55)40-50/h1-37,39-40H,38H2. The third-order valence-corrected chi connectivity index (χ3v) is 13.8. The minimum Gasteiger partial charge on any atom is -0.456 e. The summed E-state index contributed by atoms with van der Waals surface area (Å²) in [6.45, 7) is 0. The number of anilines is 6. The van der Waals surface area contributed by atoms with E-state index in [-0.39, 0.29) is 0 Å². The molecule has 68 heavy (non-hydrogen) atoms. The maximum atomic E-state index is 6.44. The largest absolute Gasteiger partial charge is 0.456 e. The molecule has 0 bridgehead atoms. The third kappa shape index (κ3) is 6.10. The Kier molecular flexibility index (Phi) is 8.58. The second-order valence-electron chi connectivity index (χ2n) is 17.7. The van der Waals surface area contributed by atoms with Crippen molar-refractivity contribution in [3.8, 4) is 27.9 Å². The van der Waals surface area contributed by atoms with Gasteiger partial charge in [-0.25, -0.2) is 0 Å². The number of para-hydroxylation sites is 5. The van der Waals surface area contributed by atoms with Crippen LogP contribution in [0, 0.1) is 0 Å². The van der Waals surface area contributed by atoms with Crippen LogP contribution in [-0.4, -0.2) is 4.57 Å². The van der Waals surface area contributed by atoms with Crippen LogP contribution in [0.3, 0.4) is 0 Å². The molecule has 0 radical (unpaired) electrons. The van der Waals surface area contributed by atoms with E-state index in [1.165, 1.54) is 44.7 Å². The predicted octanol–water partition coefficient (Wildman–Crippen LogP) is 17.6. The van der Waals surface area contributed by atoms with Gasteiger partial charge in [0, 0.05) is 79.5 Å². The summed E-state index contributed by atoms with van der Waals surface area (Å²) in [5, 5.41) is 5.68. The average Bonchev–Trinajstić information content (AvgIpc) is 4.07. The lowest BCUT2D eigenvalue weighted by molar-refractivity contribution is 0.669. The fourth-order valence-electron chi connectivity index (χ4n) is 10.7. The molecule has 0 N–H and O–H groups in total. The predicted molar refractivity (Wildman–Crippen MR) is 281 cm³/mol. The summed E-state index contributed by atoms with van der Waals surface area (Å²) in [7, 11) is 0. The summed E-state index contributed by atoms with van der Waals surface area (Å²) in [6.07, 6.45) is 0.819. The summed E-state index contributed by atoms with van der Waals surface area (Å²) < 4.78 is 15.3. The zero-order valence-corrected chi connectivity index (χ0v) is 36.9. The van der Waals surface area contributed by atoms with Gasteiger partial charge in [0.1, 0.15) is 28.1 Å². The Bertz CT molecular complexity index is 3970. The van der Waals surface area contributed by atoms with Crippen molar-refractivity contribution >= 4 is 89.0 Å². The zero-order chi connectivity index (χ0) is 44.7. The van der Waals surface area contributed by atoms with E-state index in [2.05, 4.69) is 227 Å². The number of hydrogen-bond donors (Lipinski definition) is 0. The van der Waals surface area contributed by atoms with E-state index in [1.54, 1.807) is 0 Å². The monoisotopic (exact) mass is 871 g/mol. The highest BCUT2D eigenvalue weighted by molar-refractivity contribution is 6.08. The van der Waals surface area contributed by atoms with Gasteiger partial charge in [0.25, 0.3) is 0 Å². The van der Waals surface area contributed by atoms with Crippen LogP contribution in [-0.2, 0) is 6.42 Å². The Morgan fingerprint density at radius 1 is 0.353 bits per heavy atom. The topological polar surface area (TPSA) is 37.7 Å². The summed E-state index contributed by atoms with van der Waals surface area (Å²) in [4.78, 5) is 4.76. The van der Waals surface area contributed by atoms with Crippen molar-refractivity contribution in [2.24, 2.45) is 0 Å². The molecule has 5 heteroatoms. The van der Waals surface area contributed by atoms with Crippen molar-refractivity contribution in [1.29, 1.82) is 0 Å². The first kappa shape index (κ1) is 38.2. The van der Waals surface area contributed by atoms with Crippen LogP contribution in [0.2, 0.25) is 0 Å². The summed E-state index contributed by atoms with van der Waals surface area (Å²) in [5.41, 5.74) is 18.4. The average molecular weight is 872 g/mol. The smallest absolute Gasteiger partial charge is 0.137 e. The number of rotatable bonds is 7. The first-order valence-corrected chi connectivity index (χ1v) is 23.2. The molecule has 0 saturated carbocycles. The van der Waals surface area contributed by atoms with Crippen molar-refractivity contribution in [2.45, 2.75) is 6.42 Å². The molecule has 0 aliphatic carbocycles. The van der Waals surface area contributed by atoms with Gasteiger partial charge in [-0.1, -0.05) is 127 Å². The molecule has 1 aliphatic rings. The Morgan fingerprint density at radius 2 is 0.868 bits per heavy atom. The molecule has 13 aromatic rings. The molecule has 14 rings (SSSR count). The van der Waals surface area contributed by atoms with E-state index >= 15 is 0 Å². The Labute approximate surface area is 392 Å². The maximum Gasteiger partial charge on any atom is 0.137 e. The Morgan fingerprint density at radius 3 is 1.53 bits per heavy atom. The van der Waals surface area contributed by atoms with E-state index in [0.717, 1.165) is 89.9 Å². The van der Waals surface area contributed by atoms with E-state index in [0.29, 0.717) is 0 Å². The van der Waals surface area contributed by atoms with Gasteiger partial charge < -0.3 is 13.7 Å². The van der Waals surface area contributed by atoms with Gasteiger partial charge in [0.2, 0.25) is 0 Å². The molecule has 0 spiro atoms. The van der Waals surface area contributed by atoms with Crippen molar-refractivity contribution in [3.63, 3.8) is 0 Å². The molecule has 0 atom stereocenters. The minimum atomic E-state index is 0.819. The lowest BCUT2D eigenvalue weighted by Gasteiger charge is -2.33. The van der Waals surface area contributed by atoms with Crippen molar-refractivity contribution in [3.05, 3.63) is 248 Å². The highest BCUT2D eigenvalue weighted by Gasteiger charge is 2.31. The fraction of sp³-hybridized carbons (Fsp3) is 0.0159. The minimum absolute atomic E-state index is 0.819. The zero-order valence-electron chi connectivity index (χ0n) is 36.9. The van der Waals surface area contributed by atoms with Gasteiger partial charge in [-0.15, -0.1) is 0 Å². The Hall–Kier alpha value is -9.06. The number of fused-ring (bicyclic) bond motifs is 10. The molecule has 0 unspecified atom stereocenters. The van der Waals surface area contributed by atoms with Crippen LogP contribution < -0.4 is 9.80 Å². The molecule has 10 aromatic carbocycles. The molecule has 0 amide bonds. The second kappa shape index (κ2) is 15.3. The van der Waals surface area contributed by atoms with Gasteiger partial charge in [-0.2, -0.15) is 0 Å². The third-order valence-electron chi connectivity index (χ3n) is 13.8. The molecular formula is C63H41N3O2. The van der Waals surface area contributed by atoms with Crippen LogP contribution in [0.1, 0.15) is 11.1 Å².